The zero-order chi connectivity index (χ0) is 14.6. The van der Waals surface area contributed by atoms with Crippen molar-refractivity contribution in [1.82, 2.24) is 10.3 Å². The summed E-state index contributed by atoms with van der Waals surface area (Å²) in [5.41, 5.74) is -0.432. The lowest BCUT2D eigenvalue weighted by Gasteiger charge is -2.28. The average Bonchev–Trinajstić information content (AvgIpc) is 2.71. The zero-order valence-electron chi connectivity index (χ0n) is 11.6. The van der Waals surface area contributed by atoms with Crippen molar-refractivity contribution in [1.29, 1.82) is 0 Å². The molecule has 0 spiro atoms. The normalized spacial score (nSPS) is 18.2. The van der Waals surface area contributed by atoms with Crippen LogP contribution in [-0.4, -0.2) is 28.5 Å². The van der Waals surface area contributed by atoms with E-state index in [0.29, 0.717) is 18.5 Å². The van der Waals surface area contributed by atoms with Crippen molar-refractivity contribution in [3.8, 4) is 0 Å². The number of hydrogen-bond donors (Lipinski definition) is 2. The molecule has 6 heteroatoms. The summed E-state index contributed by atoms with van der Waals surface area (Å²) in [7, 11) is 0. The van der Waals surface area contributed by atoms with Crippen molar-refractivity contribution >= 4 is 23.2 Å². The van der Waals surface area contributed by atoms with Gasteiger partial charge in [-0.15, -0.1) is 11.3 Å². The minimum atomic E-state index is -0.808. The Bertz CT molecular complexity index is 490. The molecule has 0 aliphatic heterocycles. The molecule has 110 valence electrons. The van der Waals surface area contributed by atoms with Gasteiger partial charge in [0.2, 0.25) is 0 Å². The first-order valence-corrected chi connectivity index (χ1v) is 7.85. The molecule has 5 nitrogen and oxygen atoms in total. The third kappa shape index (κ3) is 3.36. The second-order valence-electron chi connectivity index (χ2n) is 5.43. The molecule has 1 saturated carbocycles. The number of thiazole rings is 1. The number of hydrogen-bond acceptors (Lipinski definition) is 4. The van der Waals surface area contributed by atoms with Crippen molar-refractivity contribution in [2.24, 2.45) is 5.41 Å². The number of aliphatic carboxylic acids is 1. The van der Waals surface area contributed by atoms with Gasteiger partial charge < -0.3 is 10.4 Å². The van der Waals surface area contributed by atoms with Crippen molar-refractivity contribution in [3.63, 3.8) is 0 Å². The molecule has 1 aromatic heterocycles. The van der Waals surface area contributed by atoms with Gasteiger partial charge in [-0.05, 0) is 19.8 Å². The highest BCUT2D eigenvalue weighted by Crippen LogP contribution is 2.34. The summed E-state index contributed by atoms with van der Waals surface area (Å²) in [6, 6.07) is 0. The second kappa shape index (κ2) is 6.35. The van der Waals surface area contributed by atoms with Gasteiger partial charge >= 0.3 is 5.97 Å². The van der Waals surface area contributed by atoms with Gasteiger partial charge in [-0.3, -0.25) is 9.59 Å². The van der Waals surface area contributed by atoms with E-state index in [1.165, 1.54) is 11.3 Å². The van der Waals surface area contributed by atoms with Gasteiger partial charge in [-0.25, -0.2) is 4.98 Å². The molecule has 1 aliphatic carbocycles. The van der Waals surface area contributed by atoms with Crippen LogP contribution in [-0.2, 0) is 4.79 Å². The highest BCUT2D eigenvalue weighted by molar-refractivity contribution is 7.09. The number of aromatic nitrogens is 1. The van der Waals surface area contributed by atoms with E-state index in [1.54, 1.807) is 5.38 Å². The van der Waals surface area contributed by atoms with E-state index in [0.717, 1.165) is 30.7 Å². The maximum absolute atomic E-state index is 12.0. The lowest BCUT2D eigenvalue weighted by molar-refractivity contribution is -0.149. The van der Waals surface area contributed by atoms with E-state index in [-0.39, 0.29) is 12.5 Å². The Morgan fingerprint density at radius 2 is 2.00 bits per heavy atom. The van der Waals surface area contributed by atoms with Crippen LogP contribution in [0, 0.1) is 12.3 Å². The van der Waals surface area contributed by atoms with E-state index in [4.69, 9.17) is 0 Å². The number of aryl methyl sites for hydroxylation is 1. The van der Waals surface area contributed by atoms with Crippen LogP contribution in [0.3, 0.4) is 0 Å². The van der Waals surface area contributed by atoms with Gasteiger partial charge in [0.15, 0.2) is 0 Å². The number of nitrogens with zero attached hydrogens (tertiary/aromatic N) is 1. The molecular weight excluding hydrogens is 276 g/mol. The van der Waals surface area contributed by atoms with Crippen LogP contribution in [0.5, 0.6) is 0 Å². The predicted molar refractivity (Wildman–Crippen MR) is 77.0 cm³/mol. The van der Waals surface area contributed by atoms with Crippen LogP contribution in [0.2, 0.25) is 0 Å². The highest BCUT2D eigenvalue weighted by Gasteiger charge is 2.39. The molecular formula is C14H20N2O3S. The second-order valence-corrected chi connectivity index (χ2v) is 6.50. The number of carbonyl (C=O) groups is 2. The lowest BCUT2D eigenvalue weighted by Crippen LogP contribution is -2.43. The maximum Gasteiger partial charge on any atom is 0.311 e. The summed E-state index contributed by atoms with van der Waals surface area (Å²) in [5, 5.41) is 14.8. The van der Waals surface area contributed by atoms with Crippen molar-refractivity contribution < 1.29 is 14.7 Å². The molecule has 2 rings (SSSR count). The molecule has 1 heterocycles. The topological polar surface area (TPSA) is 79.3 Å². The fourth-order valence-corrected chi connectivity index (χ4v) is 3.27. The van der Waals surface area contributed by atoms with Gasteiger partial charge in [0.1, 0.15) is 5.69 Å². The van der Waals surface area contributed by atoms with Crippen molar-refractivity contribution in [2.45, 2.75) is 45.4 Å². The molecule has 1 aromatic rings. The molecule has 0 bridgehead atoms. The van der Waals surface area contributed by atoms with Crippen LogP contribution >= 0.6 is 11.3 Å². The molecule has 0 saturated heterocycles. The first-order chi connectivity index (χ1) is 9.53. The molecule has 0 radical (unpaired) electrons. The summed E-state index contributed by atoms with van der Waals surface area (Å²) in [4.78, 5) is 27.7. The molecule has 2 N–H and O–H groups in total. The number of rotatable bonds is 4. The summed E-state index contributed by atoms with van der Waals surface area (Å²) in [6.45, 7) is 2.03. The number of carboxylic acid groups (broad SMARTS) is 1. The van der Waals surface area contributed by atoms with E-state index in [1.807, 2.05) is 6.92 Å². The Balaban J connectivity index is 2.01. The van der Waals surface area contributed by atoms with Gasteiger partial charge in [0.05, 0.1) is 10.4 Å². The smallest absolute Gasteiger partial charge is 0.311 e. The Kier molecular flexibility index (Phi) is 4.75. The number of nitrogens with one attached hydrogen (secondary N) is 1. The Morgan fingerprint density at radius 3 is 2.50 bits per heavy atom. The lowest BCUT2D eigenvalue weighted by atomic mass is 9.80. The van der Waals surface area contributed by atoms with Gasteiger partial charge in [0, 0.05) is 11.9 Å². The standard InChI is InChI=1S/C14H20N2O3S/c1-10-16-11(8-20-10)12(17)15-9-14(13(18)19)6-4-2-3-5-7-14/h8H,2-7,9H2,1H3,(H,15,17)(H,18,19). The minimum absolute atomic E-state index is 0.192. The summed E-state index contributed by atoms with van der Waals surface area (Å²) < 4.78 is 0. The largest absolute Gasteiger partial charge is 0.481 e. The van der Waals surface area contributed by atoms with Crippen LogP contribution in [0.15, 0.2) is 5.38 Å². The Hall–Kier alpha value is -1.43. The molecule has 0 atom stereocenters. The number of carboxylic acids is 1. The summed E-state index contributed by atoms with van der Waals surface area (Å²) in [6.07, 6.45) is 5.26. The number of carbonyl (C=O) groups excluding carboxylic acids is 1. The van der Waals surface area contributed by atoms with E-state index in [9.17, 15) is 14.7 Å². The average molecular weight is 296 g/mol. The Morgan fingerprint density at radius 1 is 1.35 bits per heavy atom. The van der Waals surface area contributed by atoms with Crippen LogP contribution in [0.25, 0.3) is 0 Å². The fourth-order valence-electron chi connectivity index (χ4n) is 2.68. The van der Waals surface area contributed by atoms with Gasteiger partial charge in [-0.1, -0.05) is 25.7 Å². The van der Waals surface area contributed by atoms with E-state index in [2.05, 4.69) is 10.3 Å². The maximum atomic E-state index is 12.0. The highest BCUT2D eigenvalue weighted by atomic mass is 32.1. The van der Waals surface area contributed by atoms with E-state index < -0.39 is 11.4 Å². The monoisotopic (exact) mass is 296 g/mol. The third-order valence-electron chi connectivity index (χ3n) is 3.95. The zero-order valence-corrected chi connectivity index (χ0v) is 12.5. The van der Waals surface area contributed by atoms with Gasteiger partial charge in [-0.2, -0.15) is 0 Å². The summed E-state index contributed by atoms with van der Waals surface area (Å²) >= 11 is 1.41. The third-order valence-corrected chi connectivity index (χ3v) is 4.73. The van der Waals surface area contributed by atoms with E-state index >= 15 is 0 Å². The molecule has 0 unspecified atom stereocenters. The Labute approximate surface area is 122 Å². The SMILES string of the molecule is Cc1nc(C(=O)NCC2(C(=O)O)CCCCCC2)cs1. The van der Waals surface area contributed by atoms with Crippen molar-refractivity contribution in [2.75, 3.05) is 6.54 Å². The number of amides is 1. The van der Waals surface area contributed by atoms with Gasteiger partial charge in [0.25, 0.3) is 5.91 Å². The van der Waals surface area contributed by atoms with Crippen molar-refractivity contribution in [3.05, 3.63) is 16.1 Å². The molecule has 20 heavy (non-hydrogen) atoms. The van der Waals surface area contributed by atoms with Crippen LogP contribution in [0.4, 0.5) is 0 Å². The molecule has 1 aliphatic rings. The molecule has 1 amide bonds. The fraction of sp³-hybridized carbons (Fsp3) is 0.643. The first-order valence-electron chi connectivity index (χ1n) is 6.97. The molecule has 0 aromatic carbocycles. The summed E-state index contributed by atoms with van der Waals surface area (Å²) in [5.74, 6) is -1.08. The predicted octanol–water partition coefficient (Wildman–Crippen LogP) is 2.61. The van der Waals surface area contributed by atoms with Crippen LogP contribution < -0.4 is 5.32 Å². The first kappa shape index (κ1) is 15.0. The minimum Gasteiger partial charge on any atom is -0.481 e. The molecule has 1 fully saturated rings. The van der Waals surface area contributed by atoms with Crippen LogP contribution in [0.1, 0.15) is 54.0 Å². The quantitative estimate of drug-likeness (QED) is 0.837.